The number of thiophene rings is 1. The zero-order chi connectivity index (χ0) is 15.8. The fraction of sp³-hybridized carbons (Fsp3) is 0.375. The van der Waals surface area contributed by atoms with E-state index in [-0.39, 0.29) is 0 Å². The van der Waals surface area contributed by atoms with E-state index in [1.807, 2.05) is 12.1 Å². The van der Waals surface area contributed by atoms with Crippen LogP contribution in [0.1, 0.15) is 22.2 Å². The molecule has 2 aromatic heterocycles. The minimum Gasteiger partial charge on any atom is -0.481 e. The predicted octanol–water partition coefficient (Wildman–Crippen LogP) is 2.72. The van der Waals surface area contributed by atoms with Crippen LogP contribution in [0.3, 0.4) is 0 Å². The van der Waals surface area contributed by atoms with Crippen molar-refractivity contribution >= 4 is 17.3 Å². The van der Waals surface area contributed by atoms with Gasteiger partial charge in [0.15, 0.2) is 5.96 Å². The number of ether oxygens (including phenoxy) is 1. The summed E-state index contributed by atoms with van der Waals surface area (Å²) < 4.78 is 5.25. The fourth-order valence-corrected chi connectivity index (χ4v) is 2.82. The minimum atomic E-state index is 0.524. The van der Waals surface area contributed by atoms with Crippen LogP contribution >= 0.6 is 11.3 Å². The molecule has 0 saturated carbocycles. The third-order valence-corrected chi connectivity index (χ3v) is 4.02. The van der Waals surface area contributed by atoms with Gasteiger partial charge in [0.2, 0.25) is 5.88 Å². The predicted molar refractivity (Wildman–Crippen MR) is 91.5 cm³/mol. The van der Waals surface area contributed by atoms with E-state index < -0.39 is 0 Å². The Balaban J connectivity index is 2.00. The summed E-state index contributed by atoms with van der Waals surface area (Å²) >= 11 is 1.79. The largest absolute Gasteiger partial charge is 0.481 e. The average molecular weight is 318 g/mol. The van der Waals surface area contributed by atoms with E-state index in [9.17, 15) is 0 Å². The summed E-state index contributed by atoms with van der Waals surface area (Å²) in [6.45, 7) is 6.28. The van der Waals surface area contributed by atoms with Gasteiger partial charge in [-0.05, 0) is 32.0 Å². The van der Waals surface area contributed by atoms with Crippen molar-refractivity contribution in [1.29, 1.82) is 0 Å². The molecule has 0 amide bonds. The van der Waals surface area contributed by atoms with Crippen molar-refractivity contribution in [1.82, 2.24) is 15.6 Å². The Kier molecular flexibility index (Phi) is 6.21. The maximum atomic E-state index is 5.25. The van der Waals surface area contributed by atoms with E-state index in [1.165, 1.54) is 9.75 Å². The van der Waals surface area contributed by atoms with Gasteiger partial charge in [-0.1, -0.05) is 6.07 Å². The van der Waals surface area contributed by atoms with Crippen LogP contribution < -0.4 is 15.4 Å². The number of hydrogen-bond acceptors (Lipinski definition) is 4. The fourth-order valence-electron chi connectivity index (χ4n) is 1.99. The molecule has 0 saturated heterocycles. The maximum absolute atomic E-state index is 5.25. The van der Waals surface area contributed by atoms with Crippen molar-refractivity contribution in [3.63, 3.8) is 0 Å². The van der Waals surface area contributed by atoms with Crippen molar-refractivity contribution in [2.24, 2.45) is 4.99 Å². The van der Waals surface area contributed by atoms with Crippen LogP contribution in [0.2, 0.25) is 0 Å². The smallest absolute Gasteiger partial charge is 0.218 e. The van der Waals surface area contributed by atoms with Gasteiger partial charge in [-0.15, -0.1) is 11.3 Å². The van der Waals surface area contributed by atoms with Crippen LogP contribution in [0.5, 0.6) is 5.88 Å². The molecule has 6 heteroatoms. The van der Waals surface area contributed by atoms with E-state index in [4.69, 9.17) is 4.74 Å². The lowest BCUT2D eigenvalue weighted by molar-refractivity contribution is 0.392. The number of guanidine groups is 1. The topological polar surface area (TPSA) is 58.5 Å². The molecule has 0 aromatic carbocycles. The molecular formula is C16H22N4OS. The minimum absolute atomic E-state index is 0.524. The standard InChI is InChI=1S/C16H22N4OS/c1-4-17-16(20-11-14-8-7-12(2)22-14)19-10-13-6-5-9-18-15(13)21-3/h5-9H,4,10-11H2,1-3H3,(H2,17,19,20). The Morgan fingerprint density at radius 2 is 2.18 bits per heavy atom. The lowest BCUT2D eigenvalue weighted by Gasteiger charge is -2.11. The molecule has 2 heterocycles. The summed E-state index contributed by atoms with van der Waals surface area (Å²) in [6, 6.07) is 8.14. The second-order valence-electron chi connectivity index (χ2n) is 4.73. The molecule has 0 atom stereocenters. The van der Waals surface area contributed by atoms with Crippen LogP contribution in [0.25, 0.3) is 0 Å². The number of nitrogens with zero attached hydrogens (tertiary/aromatic N) is 2. The lowest BCUT2D eigenvalue weighted by atomic mass is 10.3. The van der Waals surface area contributed by atoms with Gasteiger partial charge < -0.3 is 15.4 Å². The highest BCUT2D eigenvalue weighted by Crippen LogP contribution is 2.15. The Hall–Kier alpha value is -2.08. The molecule has 0 aliphatic carbocycles. The van der Waals surface area contributed by atoms with E-state index >= 15 is 0 Å². The second kappa shape index (κ2) is 8.38. The van der Waals surface area contributed by atoms with E-state index in [1.54, 1.807) is 24.6 Å². The summed E-state index contributed by atoms with van der Waals surface area (Å²) in [5, 5.41) is 6.60. The summed E-state index contributed by atoms with van der Waals surface area (Å²) in [5.74, 6) is 1.41. The molecular weight excluding hydrogens is 296 g/mol. The number of nitrogens with one attached hydrogen (secondary N) is 2. The van der Waals surface area contributed by atoms with Gasteiger partial charge in [-0.25, -0.2) is 9.98 Å². The Morgan fingerprint density at radius 1 is 1.32 bits per heavy atom. The molecule has 0 fully saturated rings. The Labute approximate surface area is 135 Å². The molecule has 2 N–H and O–H groups in total. The van der Waals surface area contributed by atoms with Gasteiger partial charge >= 0.3 is 0 Å². The molecule has 0 spiro atoms. The lowest BCUT2D eigenvalue weighted by Crippen LogP contribution is -2.36. The Morgan fingerprint density at radius 3 is 2.86 bits per heavy atom. The summed E-state index contributed by atoms with van der Waals surface area (Å²) in [5.41, 5.74) is 0.967. The average Bonchev–Trinajstić information content (AvgIpc) is 2.96. The van der Waals surface area contributed by atoms with Crippen LogP contribution in [-0.2, 0) is 13.1 Å². The molecule has 118 valence electrons. The molecule has 0 bridgehead atoms. The first-order valence-corrected chi connectivity index (χ1v) is 8.10. The normalized spacial score (nSPS) is 11.3. The molecule has 0 aliphatic heterocycles. The number of methoxy groups -OCH3 is 1. The SMILES string of the molecule is CCNC(=NCc1cccnc1OC)NCc1ccc(C)s1. The number of aliphatic imine (C=N–C) groups is 1. The summed E-state index contributed by atoms with van der Waals surface area (Å²) in [7, 11) is 1.62. The highest BCUT2D eigenvalue weighted by molar-refractivity contribution is 7.11. The van der Waals surface area contributed by atoms with Gasteiger partial charge in [0.05, 0.1) is 20.2 Å². The highest BCUT2D eigenvalue weighted by Gasteiger charge is 2.04. The first kappa shape index (κ1) is 16.3. The first-order chi connectivity index (χ1) is 10.7. The van der Waals surface area contributed by atoms with Gasteiger partial charge in [0.25, 0.3) is 0 Å². The second-order valence-corrected chi connectivity index (χ2v) is 6.11. The zero-order valence-electron chi connectivity index (χ0n) is 13.2. The Bertz CT molecular complexity index is 624. The molecule has 5 nitrogen and oxygen atoms in total. The number of pyridine rings is 1. The van der Waals surface area contributed by atoms with Crippen molar-refractivity contribution in [3.8, 4) is 5.88 Å². The number of aryl methyl sites for hydroxylation is 1. The van der Waals surface area contributed by atoms with Gasteiger partial charge in [-0.2, -0.15) is 0 Å². The number of hydrogen-bond donors (Lipinski definition) is 2. The molecule has 0 aliphatic rings. The number of aromatic nitrogens is 1. The highest BCUT2D eigenvalue weighted by atomic mass is 32.1. The molecule has 2 aromatic rings. The van der Waals surface area contributed by atoms with Crippen molar-refractivity contribution < 1.29 is 4.74 Å². The van der Waals surface area contributed by atoms with Crippen LogP contribution in [-0.4, -0.2) is 24.6 Å². The van der Waals surface area contributed by atoms with E-state index in [0.29, 0.717) is 12.4 Å². The molecule has 0 unspecified atom stereocenters. The monoisotopic (exact) mass is 318 g/mol. The number of rotatable bonds is 6. The van der Waals surface area contributed by atoms with Gasteiger partial charge in [0, 0.05) is 28.1 Å². The molecule has 0 radical (unpaired) electrons. The van der Waals surface area contributed by atoms with Crippen LogP contribution in [0.4, 0.5) is 0 Å². The van der Waals surface area contributed by atoms with Crippen LogP contribution in [0, 0.1) is 6.92 Å². The van der Waals surface area contributed by atoms with Crippen LogP contribution in [0.15, 0.2) is 35.5 Å². The molecule has 2 rings (SSSR count). The van der Waals surface area contributed by atoms with Gasteiger partial charge in [0.1, 0.15) is 0 Å². The summed E-state index contributed by atoms with van der Waals surface area (Å²) in [6.07, 6.45) is 1.72. The maximum Gasteiger partial charge on any atom is 0.218 e. The first-order valence-electron chi connectivity index (χ1n) is 7.28. The van der Waals surface area contributed by atoms with E-state index in [2.05, 4.69) is 46.6 Å². The van der Waals surface area contributed by atoms with Crippen molar-refractivity contribution in [3.05, 3.63) is 45.8 Å². The van der Waals surface area contributed by atoms with E-state index in [0.717, 1.165) is 24.6 Å². The van der Waals surface area contributed by atoms with Crippen molar-refractivity contribution in [2.45, 2.75) is 26.9 Å². The molecule has 22 heavy (non-hydrogen) atoms. The van der Waals surface area contributed by atoms with Crippen molar-refractivity contribution in [2.75, 3.05) is 13.7 Å². The third-order valence-electron chi connectivity index (χ3n) is 3.02. The zero-order valence-corrected chi connectivity index (χ0v) is 14.0. The third kappa shape index (κ3) is 4.73. The summed E-state index contributed by atoms with van der Waals surface area (Å²) in [4.78, 5) is 11.4. The van der Waals surface area contributed by atoms with Gasteiger partial charge in [-0.3, -0.25) is 0 Å². The quantitative estimate of drug-likeness (QED) is 0.635.